The predicted octanol–water partition coefficient (Wildman–Crippen LogP) is 3.95. The van der Waals surface area contributed by atoms with Crippen molar-refractivity contribution in [2.45, 2.75) is 6.92 Å². The van der Waals surface area contributed by atoms with E-state index in [2.05, 4.69) is 5.32 Å². The van der Waals surface area contributed by atoms with Crippen molar-refractivity contribution in [1.82, 2.24) is 0 Å². The fourth-order valence-electron chi connectivity index (χ4n) is 1.99. The number of anilines is 2. The van der Waals surface area contributed by atoms with Gasteiger partial charge in [-0.2, -0.15) is 0 Å². The van der Waals surface area contributed by atoms with Crippen LogP contribution in [0.3, 0.4) is 0 Å². The zero-order chi connectivity index (χ0) is 15.2. The van der Waals surface area contributed by atoms with E-state index in [1.165, 1.54) is 0 Å². The summed E-state index contributed by atoms with van der Waals surface area (Å²) >= 11 is 0. The zero-order valence-electron chi connectivity index (χ0n) is 12.6. The molecule has 0 aliphatic heterocycles. The topological polar surface area (TPSA) is 32.3 Å². The molecule has 0 amide bonds. The van der Waals surface area contributed by atoms with Gasteiger partial charge in [-0.3, -0.25) is 4.79 Å². The largest absolute Gasteiger partial charge is 0.378 e. The van der Waals surface area contributed by atoms with Crippen LogP contribution >= 0.6 is 0 Å². The number of nitrogens with one attached hydrogen (secondary N) is 1. The normalized spacial score (nSPS) is 11.1. The van der Waals surface area contributed by atoms with E-state index in [0.29, 0.717) is 5.56 Å². The van der Waals surface area contributed by atoms with Crippen LogP contribution in [0.2, 0.25) is 0 Å². The molecule has 2 rings (SSSR count). The minimum Gasteiger partial charge on any atom is -0.378 e. The van der Waals surface area contributed by atoms with Crippen molar-refractivity contribution in [1.29, 1.82) is 0 Å². The predicted molar refractivity (Wildman–Crippen MR) is 88.9 cm³/mol. The Morgan fingerprint density at radius 2 is 1.62 bits per heavy atom. The van der Waals surface area contributed by atoms with E-state index >= 15 is 0 Å². The van der Waals surface area contributed by atoms with Gasteiger partial charge >= 0.3 is 0 Å². The van der Waals surface area contributed by atoms with Gasteiger partial charge in [0.25, 0.3) is 0 Å². The van der Waals surface area contributed by atoms with Gasteiger partial charge in [0, 0.05) is 42.8 Å². The van der Waals surface area contributed by atoms with Crippen molar-refractivity contribution in [3.05, 3.63) is 71.9 Å². The lowest BCUT2D eigenvalue weighted by molar-refractivity contribution is 0.104. The second-order valence-electron chi connectivity index (χ2n) is 5.12. The number of carbonyl (C=O) groups excluding carboxylic acids is 1. The molecule has 0 spiro atoms. The molecule has 0 saturated heterocycles. The molecular formula is C18H20N2O. The average Bonchev–Trinajstić information content (AvgIpc) is 2.48. The Kier molecular flexibility index (Phi) is 4.77. The number of benzene rings is 2. The van der Waals surface area contributed by atoms with E-state index in [9.17, 15) is 4.79 Å². The van der Waals surface area contributed by atoms with Gasteiger partial charge in [0.05, 0.1) is 0 Å². The SMILES string of the molecule is C/C(=C\C(=O)c1ccccc1)Nc1ccc(N(C)C)cc1. The third-order valence-electron chi connectivity index (χ3n) is 3.13. The van der Waals surface area contributed by atoms with E-state index in [4.69, 9.17) is 0 Å². The standard InChI is InChI=1S/C18H20N2O/c1-14(13-18(21)15-7-5-4-6-8-15)19-16-9-11-17(12-10-16)20(2)3/h4-13,19H,1-3H3/b14-13+. The van der Waals surface area contributed by atoms with Crippen molar-refractivity contribution in [3.8, 4) is 0 Å². The number of hydrogen-bond donors (Lipinski definition) is 1. The molecule has 0 aliphatic carbocycles. The fourth-order valence-corrected chi connectivity index (χ4v) is 1.99. The highest BCUT2D eigenvalue weighted by molar-refractivity contribution is 6.05. The Balaban J connectivity index is 2.05. The summed E-state index contributed by atoms with van der Waals surface area (Å²) in [5.41, 5.74) is 3.63. The van der Waals surface area contributed by atoms with Gasteiger partial charge in [-0.15, -0.1) is 0 Å². The van der Waals surface area contributed by atoms with Crippen LogP contribution in [0.1, 0.15) is 17.3 Å². The zero-order valence-corrected chi connectivity index (χ0v) is 12.6. The highest BCUT2D eigenvalue weighted by atomic mass is 16.1. The van der Waals surface area contributed by atoms with Crippen LogP contribution in [0.25, 0.3) is 0 Å². The number of ketones is 1. The summed E-state index contributed by atoms with van der Waals surface area (Å²) in [6.45, 7) is 1.89. The Morgan fingerprint density at radius 1 is 1.00 bits per heavy atom. The lowest BCUT2D eigenvalue weighted by Gasteiger charge is -2.13. The molecule has 0 saturated carbocycles. The van der Waals surface area contributed by atoms with Crippen LogP contribution in [-0.4, -0.2) is 19.9 Å². The minimum absolute atomic E-state index is 0.00510. The summed E-state index contributed by atoms with van der Waals surface area (Å²) < 4.78 is 0. The maximum Gasteiger partial charge on any atom is 0.187 e. The molecule has 0 aromatic heterocycles. The second kappa shape index (κ2) is 6.75. The lowest BCUT2D eigenvalue weighted by Crippen LogP contribution is -2.08. The molecule has 0 fully saturated rings. The first-order valence-electron chi connectivity index (χ1n) is 6.88. The molecule has 108 valence electrons. The van der Waals surface area contributed by atoms with Crippen molar-refractivity contribution >= 4 is 17.2 Å². The summed E-state index contributed by atoms with van der Waals surface area (Å²) in [4.78, 5) is 14.1. The van der Waals surface area contributed by atoms with Crippen LogP contribution in [0, 0.1) is 0 Å². The Labute approximate surface area is 125 Å². The van der Waals surface area contributed by atoms with E-state index in [0.717, 1.165) is 17.1 Å². The second-order valence-corrected chi connectivity index (χ2v) is 5.12. The highest BCUT2D eigenvalue weighted by Gasteiger charge is 2.02. The number of allylic oxidation sites excluding steroid dienone is 2. The van der Waals surface area contributed by atoms with Gasteiger partial charge in [0.2, 0.25) is 0 Å². The third-order valence-corrected chi connectivity index (χ3v) is 3.13. The lowest BCUT2D eigenvalue weighted by atomic mass is 10.1. The van der Waals surface area contributed by atoms with Crippen LogP contribution in [0.15, 0.2) is 66.4 Å². The molecule has 0 radical (unpaired) electrons. The molecule has 0 aliphatic rings. The van der Waals surface area contributed by atoms with Crippen LogP contribution in [0.5, 0.6) is 0 Å². The molecular weight excluding hydrogens is 260 g/mol. The molecule has 0 unspecified atom stereocenters. The molecule has 0 bridgehead atoms. The van der Waals surface area contributed by atoms with E-state index in [1.54, 1.807) is 6.08 Å². The molecule has 21 heavy (non-hydrogen) atoms. The summed E-state index contributed by atoms with van der Waals surface area (Å²) in [5, 5.41) is 3.23. The molecule has 3 heteroatoms. The van der Waals surface area contributed by atoms with E-state index in [1.807, 2.05) is 80.5 Å². The molecule has 2 aromatic rings. The average molecular weight is 280 g/mol. The van der Waals surface area contributed by atoms with Crippen molar-refractivity contribution in [2.75, 3.05) is 24.3 Å². The number of carbonyl (C=O) groups is 1. The maximum absolute atomic E-state index is 12.1. The Morgan fingerprint density at radius 3 is 2.19 bits per heavy atom. The fraction of sp³-hybridized carbons (Fsp3) is 0.167. The van der Waals surface area contributed by atoms with Crippen molar-refractivity contribution in [3.63, 3.8) is 0 Å². The monoisotopic (exact) mass is 280 g/mol. The first-order valence-corrected chi connectivity index (χ1v) is 6.88. The molecule has 1 N–H and O–H groups in total. The third kappa shape index (κ3) is 4.21. The van der Waals surface area contributed by atoms with E-state index in [-0.39, 0.29) is 5.78 Å². The quantitative estimate of drug-likeness (QED) is 0.665. The number of rotatable bonds is 5. The van der Waals surface area contributed by atoms with E-state index < -0.39 is 0 Å². The summed E-state index contributed by atoms with van der Waals surface area (Å²) in [6.07, 6.45) is 1.62. The van der Waals surface area contributed by atoms with Gasteiger partial charge in [0.1, 0.15) is 0 Å². The summed E-state index contributed by atoms with van der Waals surface area (Å²) in [5.74, 6) is 0.00510. The van der Waals surface area contributed by atoms with Gasteiger partial charge in [-0.25, -0.2) is 0 Å². The number of hydrogen-bond acceptors (Lipinski definition) is 3. The first-order chi connectivity index (χ1) is 10.1. The van der Waals surface area contributed by atoms with Crippen LogP contribution in [-0.2, 0) is 0 Å². The Bertz CT molecular complexity index is 628. The van der Waals surface area contributed by atoms with Crippen molar-refractivity contribution in [2.24, 2.45) is 0 Å². The smallest absolute Gasteiger partial charge is 0.187 e. The molecule has 0 heterocycles. The Hall–Kier alpha value is -2.55. The van der Waals surface area contributed by atoms with Gasteiger partial charge < -0.3 is 10.2 Å². The van der Waals surface area contributed by atoms with Gasteiger partial charge in [-0.1, -0.05) is 30.3 Å². The van der Waals surface area contributed by atoms with Crippen LogP contribution in [0.4, 0.5) is 11.4 Å². The van der Waals surface area contributed by atoms with Crippen LogP contribution < -0.4 is 10.2 Å². The summed E-state index contributed by atoms with van der Waals surface area (Å²) in [7, 11) is 4.01. The molecule has 0 atom stereocenters. The maximum atomic E-state index is 12.1. The summed E-state index contributed by atoms with van der Waals surface area (Å²) in [6, 6.07) is 17.3. The minimum atomic E-state index is 0.00510. The first kappa shape index (κ1) is 14.9. The number of nitrogens with zero attached hydrogens (tertiary/aromatic N) is 1. The van der Waals surface area contributed by atoms with Gasteiger partial charge in [0.15, 0.2) is 5.78 Å². The van der Waals surface area contributed by atoms with Gasteiger partial charge in [-0.05, 0) is 31.2 Å². The highest BCUT2D eigenvalue weighted by Crippen LogP contribution is 2.17. The van der Waals surface area contributed by atoms with Crippen molar-refractivity contribution < 1.29 is 4.79 Å². The molecule has 3 nitrogen and oxygen atoms in total. The molecule has 2 aromatic carbocycles.